The average Bonchev–Trinajstić information content (AvgIpc) is 2.72. The van der Waals surface area contributed by atoms with Crippen molar-refractivity contribution in [3.05, 3.63) is 49.6 Å². The van der Waals surface area contributed by atoms with Crippen LogP contribution in [-0.2, 0) is 0 Å². The number of benzene rings is 1. The second-order valence-electron chi connectivity index (χ2n) is 4.36. The molecule has 2 rings (SSSR count). The molecule has 1 aromatic carbocycles. The molecule has 0 saturated carbocycles. The highest BCUT2D eigenvalue weighted by Gasteiger charge is 2.12. The Morgan fingerprint density at radius 3 is 2.55 bits per heavy atom. The van der Waals surface area contributed by atoms with E-state index in [1.54, 1.807) is 18.2 Å². The third-order valence-electron chi connectivity index (χ3n) is 2.89. The van der Waals surface area contributed by atoms with Crippen molar-refractivity contribution >= 4 is 56.1 Å². The summed E-state index contributed by atoms with van der Waals surface area (Å²) in [4.78, 5) is 14.4. The molecular formula is C14H13BrN2OS2. The number of thiophene rings is 1. The van der Waals surface area contributed by atoms with Crippen LogP contribution in [0.15, 0.2) is 28.7 Å². The van der Waals surface area contributed by atoms with Gasteiger partial charge in [0.05, 0.1) is 10.6 Å². The minimum Gasteiger partial charge on any atom is -0.389 e. The molecule has 1 aromatic heterocycles. The summed E-state index contributed by atoms with van der Waals surface area (Å²) in [6.07, 6.45) is 0. The van der Waals surface area contributed by atoms with Gasteiger partial charge in [0.2, 0.25) is 0 Å². The molecule has 2 aromatic rings. The van der Waals surface area contributed by atoms with Gasteiger partial charge in [-0.15, -0.1) is 11.3 Å². The Hall–Kier alpha value is -1.24. The maximum absolute atomic E-state index is 12.2. The van der Waals surface area contributed by atoms with Crippen molar-refractivity contribution in [3.63, 3.8) is 0 Å². The van der Waals surface area contributed by atoms with Gasteiger partial charge in [-0.2, -0.15) is 0 Å². The van der Waals surface area contributed by atoms with Crippen LogP contribution in [0.5, 0.6) is 0 Å². The van der Waals surface area contributed by atoms with Crippen molar-refractivity contribution in [1.29, 1.82) is 0 Å². The first-order chi connectivity index (χ1) is 9.38. The van der Waals surface area contributed by atoms with Gasteiger partial charge in [-0.3, -0.25) is 4.79 Å². The summed E-state index contributed by atoms with van der Waals surface area (Å²) in [5.41, 5.74) is 8.15. The van der Waals surface area contributed by atoms with Gasteiger partial charge >= 0.3 is 0 Å². The first-order valence-electron chi connectivity index (χ1n) is 5.86. The fourth-order valence-corrected chi connectivity index (χ4v) is 3.17. The van der Waals surface area contributed by atoms with Crippen LogP contribution in [0.3, 0.4) is 0 Å². The molecule has 3 N–H and O–H groups in total. The smallest absolute Gasteiger partial charge is 0.265 e. The summed E-state index contributed by atoms with van der Waals surface area (Å²) in [7, 11) is 0. The van der Waals surface area contributed by atoms with Crippen LogP contribution >= 0.6 is 39.5 Å². The minimum atomic E-state index is -0.116. The Balaban J connectivity index is 2.21. The predicted octanol–water partition coefficient (Wildman–Crippen LogP) is 4.01. The van der Waals surface area contributed by atoms with Crippen LogP contribution in [0, 0.1) is 13.8 Å². The molecule has 6 heteroatoms. The molecule has 0 spiro atoms. The summed E-state index contributed by atoms with van der Waals surface area (Å²) < 4.78 is 0.751. The monoisotopic (exact) mass is 368 g/mol. The van der Waals surface area contributed by atoms with E-state index in [-0.39, 0.29) is 5.91 Å². The zero-order chi connectivity index (χ0) is 14.9. The average molecular weight is 369 g/mol. The summed E-state index contributed by atoms with van der Waals surface area (Å²) in [6.45, 7) is 4.00. The predicted molar refractivity (Wildman–Crippen MR) is 91.8 cm³/mol. The van der Waals surface area contributed by atoms with E-state index in [1.807, 2.05) is 19.9 Å². The normalized spacial score (nSPS) is 10.3. The molecule has 1 amide bonds. The number of rotatable bonds is 3. The topological polar surface area (TPSA) is 55.1 Å². The number of nitrogens with one attached hydrogen (secondary N) is 1. The number of hydrogen-bond acceptors (Lipinski definition) is 3. The highest BCUT2D eigenvalue weighted by atomic mass is 79.9. The SMILES string of the molecule is Cc1cc(C(=O)Nc2ccc(C(N)=S)cc2Br)sc1C. The van der Waals surface area contributed by atoms with Crippen molar-refractivity contribution in [3.8, 4) is 0 Å². The fourth-order valence-electron chi connectivity index (χ4n) is 1.64. The van der Waals surface area contributed by atoms with Crippen LogP contribution in [0.25, 0.3) is 0 Å². The lowest BCUT2D eigenvalue weighted by atomic mass is 10.2. The third-order valence-corrected chi connectivity index (χ3v) is 4.93. The maximum atomic E-state index is 12.2. The number of halogens is 1. The summed E-state index contributed by atoms with van der Waals surface area (Å²) in [5, 5.41) is 2.87. The van der Waals surface area contributed by atoms with Gasteiger partial charge in [-0.1, -0.05) is 12.2 Å². The molecule has 0 aliphatic carbocycles. The van der Waals surface area contributed by atoms with E-state index < -0.39 is 0 Å². The molecule has 0 saturated heterocycles. The molecule has 0 aliphatic heterocycles. The molecule has 0 bridgehead atoms. The maximum Gasteiger partial charge on any atom is 0.265 e. The molecule has 0 atom stereocenters. The lowest BCUT2D eigenvalue weighted by molar-refractivity contribution is 0.103. The van der Waals surface area contributed by atoms with Crippen molar-refractivity contribution < 1.29 is 4.79 Å². The van der Waals surface area contributed by atoms with Gasteiger partial charge in [-0.05, 0) is 59.6 Å². The highest BCUT2D eigenvalue weighted by molar-refractivity contribution is 9.10. The molecule has 104 valence electrons. The molecule has 0 fully saturated rings. The molecule has 1 heterocycles. The summed E-state index contributed by atoms with van der Waals surface area (Å²) in [5.74, 6) is -0.116. The molecule has 20 heavy (non-hydrogen) atoms. The van der Waals surface area contributed by atoms with E-state index >= 15 is 0 Å². The lowest BCUT2D eigenvalue weighted by Crippen LogP contribution is -2.12. The number of hydrogen-bond donors (Lipinski definition) is 2. The van der Waals surface area contributed by atoms with E-state index in [9.17, 15) is 4.79 Å². The second-order valence-corrected chi connectivity index (χ2v) is 6.91. The number of carbonyl (C=O) groups is 1. The van der Waals surface area contributed by atoms with Crippen molar-refractivity contribution in [2.75, 3.05) is 5.32 Å². The third kappa shape index (κ3) is 3.26. The Labute approximate surface area is 135 Å². The van der Waals surface area contributed by atoms with E-state index in [0.29, 0.717) is 15.6 Å². The molecule has 0 radical (unpaired) electrons. The second kappa shape index (κ2) is 6.03. The Morgan fingerprint density at radius 1 is 1.35 bits per heavy atom. The van der Waals surface area contributed by atoms with E-state index in [1.165, 1.54) is 11.3 Å². The van der Waals surface area contributed by atoms with Crippen LogP contribution in [-0.4, -0.2) is 10.9 Å². The molecule has 3 nitrogen and oxygen atoms in total. The van der Waals surface area contributed by atoms with Crippen molar-refractivity contribution in [2.45, 2.75) is 13.8 Å². The van der Waals surface area contributed by atoms with Gasteiger partial charge in [0.1, 0.15) is 4.99 Å². The number of thiocarbonyl (C=S) groups is 1. The Kier molecular flexibility index (Phi) is 4.57. The summed E-state index contributed by atoms with van der Waals surface area (Å²) in [6, 6.07) is 7.26. The van der Waals surface area contributed by atoms with Gasteiger partial charge in [-0.25, -0.2) is 0 Å². The van der Waals surface area contributed by atoms with Crippen molar-refractivity contribution in [2.24, 2.45) is 5.73 Å². The van der Waals surface area contributed by atoms with Crippen LogP contribution in [0.2, 0.25) is 0 Å². The standard InChI is InChI=1S/C14H13BrN2OS2/c1-7-5-12(20-8(7)2)14(18)17-11-4-3-9(13(16)19)6-10(11)15/h3-6H,1-2H3,(H2,16,19)(H,17,18). The van der Waals surface area contributed by atoms with Gasteiger partial charge in [0.15, 0.2) is 0 Å². The van der Waals surface area contributed by atoms with Crippen LogP contribution < -0.4 is 11.1 Å². The molecule has 0 aliphatic rings. The molecule has 0 unspecified atom stereocenters. The number of nitrogens with two attached hydrogens (primary N) is 1. The number of amides is 1. The largest absolute Gasteiger partial charge is 0.389 e. The van der Waals surface area contributed by atoms with Crippen LogP contribution in [0.1, 0.15) is 25.7 Å². The van der Waals surface area contributed by atoms with Crippen molar-refractivity contribution in [1.82, 2.24) is 0 Å². The molecular weight excluding hydrogens is 356 g/mol. The number of aryl methyl sites for hydroxylation is 2. The van der Waals surface area contributed by atoms with Gasteiger partial charge in [0, 0.05) is 14.9 Å². The number of anilines is 1. The quantitative estimate of drug-likeness (QED) is 0.804. The highest BCUT2D eigenvalue weighted by Crippen LogP contribution is 2.26. The van der Waals surface area contributed by atoms with Gasteiger partial charge in [0.25, 0.3) is 5.91 Å². The minimum absolute atomic E-state index is 0.116. The Morgan fingerprint density at radius 2 is 2.05 bits per heavy atom. The van der Waals surface area contributed by atoms with Gasteiger partial charge < -0.3 is 11.1 Å². The number of carbonyl (C=O) groups excluding carboxylic acids is 1. The summed E-state index contributed by atoms with van der Waals surface area (Å²) >= 11 is 9.81. The van der Waals surface area contributed by atoms with E-state index in [4.69, 9.17) is 18.0 Å². The van der Waals surface area contributed by atoms with Crippen LogP contribution in [0.4, 0.5) is 5.69 Å². The first-order valence-corrected chi connectivity index (χ1v) is 7.88. The zero-order valence-electron chi connectivity index (χ0n) is 11.0. The lowest BCUT2D eigenvalue weighted by Gasteiger charge is -2.08. The zero-order valence-corrected chi connectivity index (χ0v) is 14.2. The van der Waals surface area contributed by atoms with E-state index in [2.05, 4.69) is 21.2 Å². The van der Waals surface area contributed by atoms with E-state index in [0.717, 1.165) is 20.5 Å². The fraction of sp³-hybridized carbons (Fsp3) is 0.143. The first kappa shape index (κ1) is 15.2. The Bertz CT molecular complexity index is 675.